The summed E-state index contributed by atoms with van der Waals surface area (Å²) in [4.78, 5) is 27.0. The third-order valence-corrected chi connectivity index (χ3v) is 6.16. The molecule has 0 spiro atoms. The third kappa shape index (κ3) is 12.6. The van der Waals surface area contributed by atoms with Gasteiger partial charge in [0.2, 0.25) is 0 Å². The molecule has 0 fully saturated rings. The summed E-state index contributed by atoms with van der Waals surface area (Å²) < 4.78 is 5.74. The summed E-state index contributed by atoms with van der Waals surface area (Å²) in [6.45, 7) is 28.2. The lowest BCUT2D eigenvalue weighted by molar-refractivity contribution is -0.130. The summed E-state index contributed by atoms with van der Waals surface area (Å²) >= 11 is 0. The second-order valence-corrected chi connectivity index (χ2v) is 9.55. The molecule has 0 radical (unpaired) electrons. The number of esters is 1. The Kier molecular flexibility index (Phi) is 19.6. The van der Waals surface area contributed by atoms with Crippen molar-refractivity contribution in [3.8, 4) is 5.75 Å². The SMILES string of the molecule is C.C=C(C)C(=O)CC(C)N(CCC(c1ccccc1)c1cc(C)ccc1OC(=O)C(=C)C)C(C)C.CC.CC. The van der Waals surface area contributed by atoms with Gasteiger partial charge in [-0.1, -0.05) is 96.3 Å². The van der Waals surface area contributed by atoms with E-state index in [1.54, 1.807) is 13.8 Å². The molecule has 39 heavy (non-hydrogen) atoms. The largest absolute Gasteiger partial charge is 0.423 e. The van der Waals surface area contributed by atoms with E-state index in [1.807, 2.05) is 65.0 Å². The van der Waals surface area contributed by atoms with Crippen molar-refractivity contribution in [1.82, 2.24) is 4.90 Å². The summed E-state index contributed by atoms with van der Waals surface area (Å²) in [6, 6.07) is 16.6. The zero-order valence-electron chi connectivity index (χ0n) is 25.6. The van der Waals surface area contributed by atoms with Crippen LogP contribution < -0.4 is 4.74 Å². The molecule has 4 heteroatoms. The maximum atomic E-state index is 12.3. The fraction of sp³-hybridized carbons (Fsp3) is 0.486. The molecule has 0 saturated heterocycles. The number of carbonyl (C=O) groups is 2. The molecule has 2 aromatic rings. The third-order valence-electron chi connectivity index (χ3n) is 6.16. The first-order chi connectivity index (χ1) is 18.0. The molecule has 0 bridgehead atoms. The van der Waals surface area contributed by atoms with Crippen molar-refractivity contribution < 1.29 is 14.3 Å². The van der Waals surface area contributed by atoms with E-state index in [4.69, 9.17) is 4.74 Å². The Labute approximate surface area is 240 Å². The number of rotatable bonds is 12. The van der Waals surface area contributed by atoms with Crippen molar-refractivity contribution >= 4 is 11.8 Å². The molecule has 2 unspecified atom stereocenters. The highest BCUT2D eigenvalue weighted by molar-refractivity contribution is 5.94. The van der Waals surface area contributed by atoms with Gasteiger partial charge in [-0.25, -0.2) is 4.79 Å². The number of Topliss-reactive ketones (excluding diaryl/α,β-unsaturated/α-hetero) is 1. The van der Waals surface area contributed by atoms with Crippen LogP contribution in [-0.2, 0) is 9.59 Å². The minimum Gasteiger partial charge on any atom is -0.423 e. The van der Waals surface area contributed by atoms with Gasteiger partial charge in [-0.05, 0) is 71.7 Å². The van der Waals surface area contributed by atoms with E-state index >= 15 is 0 Å². The molecule has 0 amide bonds. The summed E-state index contributed by atoms with van der Waals surface area (Å²) in [5, 5.41) is 0. The van der Waals surface area contributed by atoms with Gasteiger partial charge < -0.3 is 4.74 Å². The molecular formula is C35H55NO3. The van der Waals surface area contributed by atoms with Crippen LogP contribution in [0.4, 0.5) is 0 Å². The van der Waals surface area contributed by atoms with Crippen LogP contribution in [0.15, 0.2) is 72.8 Å². The van der Waals surface area contributed by atoms with Gasteiger partial charge in [0.1, 0.15) is 5.75 Å². The van der Waals surface area contributed by atoms with Crippen LogP contribution >= 0.6 is 0 Å². The molecule has 0 aliphatic rings. The molecular weight excluding hydrogens is 482 g/mol. The molecule has 0 aliphatic heterocycles. The zero-order valence-corrected chi connectivity index (χ0v) is 25.6. The summed E-state index contributed by atoms with van der Waals surface area (Å²) in [5.41, 5.74) is 4.21. The lowest BCUT2D eigenvalue weighted by Gasteiger charge is -2.34. The molecule has 218 valence electrons. The normalized spacial score (nSPS) is 11.6. The number of aryl methyl sites for hydroxylation is 1. The number of hydrogen-bond acceptors (Lipinski definition) is 4. The zero-order chi connectivity index (χ0) is 29.4. The molecule has 0 heterocycles. The topological polar surface area (TPSA) is 46.6 Å². The van der Waals surface area contributed by atoms with Gasteiger partial charge in [0, 0.05) is 35.6 Å². The van der Waals surface area contributed by atoms with Crippen molar-refractivity contribution in [2.75, 3.05) is 6.54 Å². The van der Waals surface area contributed by atoms with Crippen molar-refractivity contribution in [2.24, 2.45) is 0 Å². The number of ketones is 1. The molecule has 2 rings (SSSR count). The fourth-order valence-corrected chi connectivity index (χ4v) is 4.23. The van der Waals surface area contributed by atoms with Gasteiger partial charge in [-0.2, -0.15) is 0 Å². The first-order valence-corrected chi connectivity index (χ1v) is 14.0. The number of nitrogens with zero attached hydrogens (tertiary/aromatic N) is 1. The van der Waals surface area contributed by atoms with Crippen LogP contribution in [0.1, 0.15) is 105 Å². The van der Waals surface area contributed by atoms with Crippen LogP contribution in [0.25, 0.3) is 0 Å². The van der Waals surface area contributed by atoms with Gasteiger partial charge in [0.25, 0.3) is 0 Å². The highest BCUT2D eigenvalue weighted by Crippen LogP contribution is 2.36. The average molecular weight is 538 g/mol. The van der Waals surface area contributed by atoms with Crippen molar-refractivity contribution in [3.05, 3.63) is 89.5 Å². The number of allylic oxidation sites excluding steroid dienone is 1. The Morgan fingerprint density at radius 1 is 0.897 bits per heavy atom. The van der Waals surface area contributed by atoms with Crippen molar-refractivity contribution in [3.63, 3.8) is 0 Å². The van der Waals surface area contributed by atoms with Crippen molar-refractivity contribution in [2.45, 2.75) is 108 Å². The monoisotopic (exact) mass is 537 g/mol. The van der Waals surface area contributed by atoms with Gasteiger partial charge in [-0.3, -0.25) is 9.69 Å². The highest BCUT2D eigenvalue weighted by Gasteiger charge is 2.25. The predicted octanol–water partition coefficient (Wildman–Crippen LogP) is 9.32. The number of ether oxygens (including phenoxy) is 1. The standard InChI is InChI=1S/C30H39NO3.2C2H6.CH4/c1-20(2)28(32)19-24(8)31(22(5)6)17-16-26(25-12-10-9-11-13-25)27-18-23(7)14-15-29(27)34-30(33)21(3)4;2*1-2;/h9-15,18,22,24,26H,1,3,16-17,19H2,2,4-8H3;2*1-2H3;1H4. The fourth-order valence-electron chi connectivity index (χ4n) is 4.23. The number of hydrogen-bond donors (Lipinski definition) is 0. The number of carbonyl (C=O) groups excluding carboxylic acids is 2. The summed E-state index contributed by atoms with van der Waals surface area (Å²) in [7, 11) is 0. The van der Waals surface area contributed by atoms with E-state index < -0.39 is 5.97 Å². The van der Waals surface area contributed by atoms with Gasteiger partial charge in [0.15, 0.2) is 5.78 Å². The summed E-state index contributed by atoms with van der Waals surface area (Å²) in [5.74, 6) is 0.270. The highest BCUT2D eigenvalue weighted by atomic mass is 16.5. The van der Waals surface area contributed by atoms with Gasteiger partial charge in [-0.15, -0.1) is 0 Å². The second kappa shape index (κ2) is 20.0. The quantitative estimate of drug-likeness (QED) is 0.154. The second-order valence-electron chi connectivity index (χ2n) is 9.55. The molecule has 4 nitrogen and oxygen atoms in total. The molecule has 0 saturated carbocycles. The maximum Gasteiger partial charge on any atom is 0.338 e. The average Bonchev–Trinajstić information content (AvgIpc) is 2.90. The molecule has 2 atom stereocenters. The van der Waals surface area contributed by atoms with E-state index in [0.717, 1.165) is 29.7 Å². The smallest absolute Gasteiger partial charge is 0.338 e. The van der Waals surface area contributed by atoms with E-state index in [-0.39, 0.29) is 31.2 Å². The molecule has 0 aromatic heterocycles. The van der Waals surface area contributed by atoms with Crippen LogP contribution in [0.5, 0.6) is 5.75 Å². The van der Waals surface area contributed by atoms with Crippen LogP contribution in [0, 0.1) is 6.92 Å². The van der Waals surface area contributed by atoms with E-state index in [0.29, 0.717) is 23.3 Å². The first-order valence-electron chi connectivity index (χ1n) is 14.0. The predicted molar refractivity (Wildman–Crippen MR) is 170 cm³/mol. The van der Waals surface area contributed by atoms with Crippen LogP contribution in [0.2, 0.25) is 0 Å². The summed E-state index contributed by atoms with van der Waals surface area (Å²) in [6.07, 6.45) is 1.27. The minimum absolute atomic E-state index is 0. The lowest BCUT2D eigenvalue weighted by atomic mass is 9.86. The Bertz CT molecular complexity index is 1020. The molecule has 2 aromatic carbocycles. The van der Waals surface area contributed by atoms with Gasteiger partial charge in [0.05, 0.1) is 0 Å². The maximum absolute atomic E-state index is 12.3. The first kappa shape index (κ1) is 38.2. The lowest BCUT2D eigenvalue weighted by Crippen LogP contribution is -2.41. The Morgan fingerprint density at radius 2 is 1.46 bits per heavy atom. The Hall–Kier alpha value is -2.98. The Morgan fingerprint density at radius 3 is 1.95 bits per heavy atom. The van der Waals surface area contributed by atoms with E-state index in [1.165, 1.54) is 0 Å². The van der Waals surface area contributed by atoms with E-state index in [2.05, 4.69) is 57.0 Å². The van der Waals surface area contributed by atoms with Crippen LogP contribution in [0.3, 0.4) is 0 Å². The van der Waals surface area contributed by atoms with E-state index in [9.17, 15) is 9.59 Å². The van der Waals surface area contributed by atoms with Crippen molar-refractivity contribution in [1.29, 1.82) is 0 Å². The van der Waals surface area contributed by atoms with Crippen LogP contribution in [-0.4, -0.2) is 35.3 Å². The molecule has 0 N–H and O–H groups in total. The molecule has 0 aliphatic carbocycles. The van der Waals surface area contributed by atoms with Gasteiger partial charge >= 0.3 is 5.97 Å². The number of benzene rings is 2. The minimum atomic E-state index is -0.423. The Balaban J connectivity index is 0.